The molecule has 1 aromatic heterocycles. The summed E-state index contributed by atoms with van der Waals surface area (Å²) < 4.78 is 16.2. The summed E-state index contributed by atoms with van der Waals surface area (Å²) in [6.07, 6.45) is 4.47. The van der Waals surface area contributed by atoms with Crippen LogP contribution in [0.15, 0.2) is 0 Å². The van der Waals surface area contributed by atoms with Crippen LogP contribution in [-0.2, 0) is 26.8 Å². The van der Waals surface area contributed by atoms with Gasteiger partial charge in [0.15, 0.2) is 5.13 Å². The van der Waals surface area contributed by atoms with Gasteiger partial charge in [0.05, 0.1) is 12.3 Å². The summed E-state index contributed by atoms with van der Waals surface area (Å²) in [6.45, 7) is 2.86. The third-order valence-corrected chi connectivity index (χ3v) is 5.06. The molecule has 20 heavy (non-hydrogen) atoms. The molecule has 1 aliphatic carbocycles. The Labute approximate surface area is 125 Å². The van der Waals surface area contributed by atoms with Gasteiger partial charge in [0.2, 0.25) is 0 Å². The number of carbonyl (C=O) groups excluding carboxylic acids is 1. The predicted molar refractivity (Wildman–Crippen MR) is 81.8 cm³/mol. The largest absolute Gasteiger partial charge is 0.465 e. The minimum atomic E-state index is -0.806. The van der Waals surface area contributed by atoms with Crippen LogP contribution in [-0.4, -0.2) is 40.3 Å². The first kappa shape index (κ1) is 15.4. The molecule has 0 fully saturated rings. The lowest BCUT2D eigenvalue weighted by atomic mass is 9.91. The fourth-order valence-corrected chi connectivity index (χ4v) is 3.75. The average Bonchev–Trinajstić information content (AvgIpc) is 2.80. The quantitative estimate of drug-likeness (QED) is 0.812. The Morgan fingerprint density at radius 1 is 1.60 bits per heavy atom. The van der Waals surface area contributed by atoms with E-state index in [9.17, 15) is 9.00 Å². The van der Waals surface area contributed by atoms with E-state index in [4.69, 9.17) is 4.74 Å². The van der Waals surface area contributed by atoms with Gasteiger partial charge in [-0.3, -0.25) is 9.00 Å². The molecular weight excluding hydrogens is 296 g/mol. The van der Waals surface area contributed by atoms with Crippen molar-refractivity contribution in [3.63, 3.8) is 0 Å². The first-order valence-electron chi connectivity index (χ1n) is 6.82. The maximum atomic E-state index is 12.0. The third-order valence-electron chi connectivity index (χ3n) is 3.19. The SMILES string of the molecule is CCOC(=O)C1CCCc2sc(NCCS(C)=O)nc21. The maximum absolute atomic E-state index is 12.0. The van der Waals surface area contributed by atoms with Crippen LogP contribution in [0.4, 0.5) is 5.13 Å². The number of hydrogen-bond acceptors (Lipinski definition) is 6. The molecule has 5 nitrogen and oxygen atoms in total. The van der Waals surface area contributed by atoms with Crippen LogP contribution in [0, 0.1) is 0 Å². The number of nitrogens with zero attached hydrogens (tertiary/aromatic N) is 1. The molecule has 112 valence electrons. The molecule has 0 bridgehead atoms. The number of anilines is 1. The topological polar surface area (TPSA) is 68.3 Å². The monoisotopic (exact) mass is 316 g/mol. The van der Waals surface area contributed by atoms with Crippen LogP contribution in [0.25, 0.3) is 0 Å². The summed E-state index contributed by atoms with van der Waals surface area (Å²) in [5.41, 5.74) is 0.875. The fraction of sp³-hybridized carbons (Fsp3) is 0.692. The Hall–Kier alpha value is -0.950. The van der Waals surface area contributed by atoms with E-state index >= 15 is 0 Å². The Bertz CT molecular complexity index is 502. The van der Waals surface area contributed by atoms with E-state index < -0.39 is 10.8 Å². The van der Waals surface area contributed by atoms with Crippen LogP contribution in [0.5, 0.6) is 0 Å². The van der Waals surface area contributed by atoms with Gasteiger partial charge in [-0.25, -0.2) is 4.98 Å². The molecule has 2 rings (SSSR count). The van der Waals surface area contributed by atoms with Gasteiger partial charge < -0.3 is 10.1 Å². The molecule has 0 aliphatic heterocycles. The van der Waals surface area contributed by atoms with Gasteiger partial charge >= 0.3 is 5.97 Å². The highest BCUT2D eigenvalue weighted by molar-refractivity contribution is 7.84. The summed E-state index contributed by atoms with van der Waals surface area (Å²) in [7, 11) is -0.806. The normalized spacial score (nSPS) is 19.2. The lowest BCUT2D eigenvalue weighted by Crippen LogP contribution is -2.20. The number of thiazole rings is 1. The number of ether oxygens (including phenoxy) is 1. The predicted octanol–water partition coefficient (Wildman–Crippen LogP) is 1.92. The molecule has 0 radical (unpaired) electrons. The second kappa shape index (κ2) is 7.17. The minimum Gasteiger partial charge on any atom is -0.465 e. The molecule has 2 unspecified atom stereocenters. The zero-order valence-electron chi connectivity index (χ0n) is 11.8. The van der Waals surface area contributed by atoms with Crippen molar-refractivity contribution in [2.45, 2.75) is 32.1 Å². The van der Waals surface area contributed by atoms with E-state index in [2.05, 4.69) is 10.3 Å². The number of esters is 1. The Kier molecular flexibility index (Phi) is 5.54. The molecule has 0 saturated carbocycles. The second-order valence-corrected chi connectivity index (χ2v) is 7.37. The number of nitrogens with one attached hydrogen (secondary N) is 1. The molecule has 1 aliphatic rings. The van der Waals surface area contributed by atoms with Crippen LogP contribution in [0.2, 0.25) is 0 Å². The molecular formula is C13H20N2O3S2. The number of hydrogen-bond donors (Lipinski definition) is 1. The molecule has 2 atom stereocenters. The van der Waals surface area contributed by atoms with Gasteiger partial charge in [0.25, 0.3) is 0 Å². The number of carbonyl (C=O) groups is 1. The molecule has 0 spiro atoms. The molecule has 0 aromatic carbocycles. The fourth-order valence-electron chi connectivity index (χ4n) is 2.27. The lowest BCUT2D eigenvalue weighted by molar-refractivity contribution is -0.145. The zero-order chi connectivity index (χ0) is 14.5. The molecule has 1 heterocycles. The first-order chi connectivity index (χ1) is 9.61. The summed E-state index contributed by atoms with van der Waals surface area (Å²) in [4.78, 5) is 17.7. The number of rotatable bonds is 6. The van der Waals surface area contributed by atoms with Gasteiger partial charge in [-0.05, 0) is 26.2 Å². The van der Waals surface area contributed by atoms with E-state index in [0.29, 0.717) is 18.9 Å². The van der Waals surface area contributed by atoms with Gasteiger partial charge in [-0.2, -0.15) is 0 Å². The van der Waals surface area contributed by atoms with Crippen LogP contribution in [0.3, 0.4) is 0 Å². The molecule has 0 amide bonds. The first-order valence-corrected chi connectivity index (χ1v) is 9.36. The van der Waals surface area contributed by atoms with Crippen LogP contribution in [0.1, 0.15) is 36.3 Å². The van der Waals surface area contributed by atoms with Gasteiger partial charge in [-0.15, -0.1) is 11.3 Å². The molecule has 1 aromatic rings. The van der Waals surface area contributed by atoms with Gasteiger partial charge in [0, 0.05) is 34.2 Å². The van der Waals surface area contributed by atoms with E-state index in [0.717, 1.165) is 30.1 Å². The second-order valence-electron chi connectivity index (χ2n) is 4.73. The molecule has 1 N–H and O–H groups in total. The van der Waals surface area contributed by atoms with Crippen molar-refractivity contribution in [1.82, 2.24) is 4.98 Å². The average molecular weight is 316 g/mol. The summed E-state index contributed by atoms with van der Waals surface area (Å²) in [5, 5.41) is 4.00. The highest BCUT2D eigenvalue weighted by Crippen LogP contribution is 2.37. The molecule has 0 saturated heterocycles. The van der Waals surface area contributed by atoms with Crippen molar-refractivity contribution in [2.75, 3.05) is 30.5 Å². The smallest absolute Gasteiger partial charge is 0.315 e. The van der Waals surface area contributed by atoms with Crippen molar-refractivity contribution < 1.29 is 13.7 Å². The summed E-state index contributed by atoms with van der Waals surface area (Å²) >= 11 is 1.60. The standard InChI is InChI=1S/C13H20N2O3S2/c1-3-18-12(16)9-5-4-6-10-11(9)15-13(19-10)14-7-8-20(2)17/h9H,3-8H2,1-2H3,(H,14,15). The zero-order valence-corrected chi connectivity index (χ0v) is 13.4. The van der Waals surface area contributed by atoms with Gasteiger partial charge in [-0.1, -0.05) is 0 Å². The highest BCUT2D eigenvalue weighted by atomic mass is 32.2. The number of fused-ring (bicyclic) bond motifs is 1. The van der Waals surface area contributed by atoms with E-state index in [1.54, 1.807) is 17.6 Å². The van der Waals surface area contributed by atoms with Crippen molar-refractivity contribution in [3.8, 4) is 0 Å². The van der Waals surface area contributed by atoms with Crippen LogP contribution < -0.4 is 5.32 Å². The van der Waals surface area contributed by atoms with Crippen LogP contribution >= 0.6 is 11.3 Å². The Morgan fingerprint density at radius 3 is 3.10 bits per heavy atom. The Balaban J connectivity index is 2.06. The Morgan fingerprint density at radius 2 is 2.40 bits per heavy atom. The van der Waals surface area contributed by atoms with E-state index in [1.807, 2.05) is 6.92 Å². The maximum Gasteiger partial charge on any atom is 0.315 e. The summed E-state index contributed by atoms with van der Waals surface area (Å²) in [5.74, 6) is 0.219. The number of aryl methyl sites for hydroxylation is 1. The van der Waals surface area contributed by atoms with Crippen molar-refractivity contribution in [3.05, 3.63) is 10.6 Å². The highest BCUT2D eigenvalue weighted by Gasteiger charge is 2.31. The summed E-state index contributed by atoms with van der Waals surface area (Å²) in [6, 6.07) is 0. The third kappa shape index (κ3) is 3.79. The van der Waals surface area contributed by atoms with E-state index in [-0.39, 0.29) is 11.9 Å². The number of aromatic nitrogens is 1. The lowest BCUT2D eigenvalue weighted by Gasteiger charge is -2.19. The minimum absolute atomic E-state index is 0.167. The van der Waals surface area contributed by atoms with Gasteiger partial charge in [0.1, 0.15) is 5.92 Å². The van der Waals surface area contributed by atoms with E-state index in [1.165, 1.54) is 4.88 Å². The van der Waals surface area contributed by atoms with Crippen molar-refractivity contribution >= 4 is 33.2 Å². The van der Waals surface area contributed by atoms with Crippen molar-refractivity contribution in [1.29, 1.82) is 0 Å². The van der Waals surface area contributed by atoms with Crippen molar-refractivity contribution in [2.24, 2.45) is 0 Å². The molecule has 7 heteroatoms.